The minimum absolute atomic E-state index is 0.190. The van der Waals surface area contributed by atoms with Gasteiger partial charge in [-0.25, -0.2) is 4.98 Å². The van der Waals surface area contributed by atoms with Crippen LogP contribution >= 0.6 is 0 Å². The third-order valence-electron chi connectivity index (χ3n) is 3.72. The highest BCUT2D eigenvalue weighted by Crippen LogP contribution is 2.32. The molecule has 0 bridgehead atoms. The second-order valence-corrected chi connectivity index (χ2v) is 11.5. The molecule has 0 fully saturated rings. The summed E-state index contributed by atoms with van der Waals surface area (Å²) in [5.74, 6) is 1.09. The molecule has 0 unspecified atom stereocenters. The van der Waals surface area contributed by atoms with Gasteiger partial charge in [0.1, 0.15) is 5.69 Å². The van der Waals surface area contributed by atoms with Crippen LogP contribution in [0.4, 0.5) is 0 Å². The molecule has 0 saturated heterocycles. The molecule has 0 aliphatic heterocycles. The standard InChI is InChI=1S/C21H23NO3Si/c1-26(2,3)25-19(23)15-14-18-22-20(16-10-6-4-7-11-16)21(24-18)17-12-8-5-9-13-17/h4-13H,14-15H2,1-3H3. The molecule has 134 valence electrons. The third kappa shape index (κ3) is 4.70. The van der Waals surface area contributed by atoms with Crippen LogP contribution in [0.1, 0.15) is 12.3 Å². The molecule has 0 amide bonds. The van der Waals surface area contributed by atoms with Gasteiger partial charge in [0.25, 0.3) is 5.97 Å². The van der Waals surface area contributed by atoms with Gasteiger partial charge in [-0.3, -0.25) is 4.79 Å². The highest BCUT2D eigenvalue weighted by Gasteiger charge is 2.21. The molecule has 0 saturated carbocycles. The highest BCUT2D eigenvalue weighted by molar-refractivity contribution is 6.71. The van der Waals surface area contributed by atoms with Gasteiger partial charge < -0.3 is 8.84 Å². The first kappa shape index (κ1) is 18.1. The monoisotopic (exact) mass is 365 g/mol. The Morgan fingerprint density at radius 1 is 0.962 bits per heavy atom. The molecule has 2 aromatic carbocycles. The molecule has 0 aliphatic carbocycles. The Balaban J connectivity index is 1.86. The maximum Gasteiger partial charge on any atom is 0.292 e. The van der Waals surface area contributed by atoms with Crippen molar-refractivity contribution in [2.45, 2.75) is 32.5 Å². The third-order valence-corrected chi connectivity index (χ3v) is 4.56. The van der Waals surface area contributed by atoms with Gasteiger partial charge in [0.05, 0.1) is 6.42 Å². The van der Waals surface area contributed by atoms with Gasteiger partial charge in [-0.05, 0) is 19.6 Å². The molecule has 0 aliphatic rings. The first-order valence-electron chi connectivity index (χ1n) is 8.75. The van der Waals surface area contributed by atoms with E-state index in [4.69, 9.17) is 8.84 Å². The maximum absolute atomic E-state index is 12.0. The molecule has 3 aromatic rings. The second kappa shape index (κ2) is 7.70. The number of aryl methyl sites for hydroxylation is 1. The number of benzene rings is 2. The summed E-state index contributed by atoms with van der Waals surface area (Å²) in [5.41, 5.74) is 2.76. The zero-order chi connectivity index (χ0) is 18.6. The fraction of sp³-hybridized carbons (Fsp3) is 0.238. The Morgan fingerprint density at radius 3 is 2.12 bits per heavy atom. The minimum Gasteiger partial charge on any atom is -0.520 e. The highest BCUT2D eigenvalue weighted by atomic mass is 28.4. The number of carbonyl (C=O) groups is 1. The van der Waals surface area contributed by atoms with Crippen LogP contribution in [0.15, 0.2) is 65.1 Å². The molecule has 0 spiro atoms. The Hall–Kier alpha value is -2.66. The topological polar surface area (TPSA) is 52.3 Å². The molecule has 3 rings (SSSR count). The Bertz CT molecular complexity index is 810. The summed E-state index contributed by atoms with van der Waals surface area (Å²) in [4.78, 5) is 16.7. The Kier molecular flexibility index (Phi) is 5.37. The summed E-state index contributed by atoms with van der Waals surface area (Å²) in [6.45, 7) is 5.99. The van der Waals surface area contributed by atoms with Crippen molar-refractivity contribution in [1.82, 2.24) is 4.98 Å². The van der Waals surface area contributed by atoms with Crippen molar-refractivity contribution in [2.75, 3.05) is 0 Å². The van der Waals surface area contributed by atoms with E-state index in [1.165, 1.54) is 0 Å². The molecule has 1 heterocycles. The lowest BCUT2D eigenvalue weighted by atomic mass is 10.1. The van der Waals surface area contributed by atoms with Crippen LogP contribution in [0.3, 0.4) is 0 Å². The van der Waals surface area contributed by atoms with Gasteiger partial charge >= 0.3 is 0 Å². The molecule has 0 radical (unpaired) electrons. The largest absolute Gasteiger partial charge is 0.520 e. The minimum atomic E-state index is -1.87. The van der Waals surface area contributed by atoms with Crippen LogP contribution in [-0.2, 0) is 15.6 Å². The number of hydrogen-bond donors (Lipinski definition) is 0. The lowest BCUT2D eigenvalue weighted by molar-refractivity contribution is -0.135. The molecule has 1 aromatic heterocycles. The number of aromatic nitrogens is 1. The van der Waals surface area contributed by atoms with E-state index in [0.717, 1.165) is 22.6 Å². The summed E-state index contributed by atoms with van der Waals surface area (Å²) in [6, 6.07) is 19.8. The van der Waals surface area contributed by atoms with Gasteiger partial charge in [0.2, 0.25) is 8.32 Å². The summed E-state index contributed by atoms with van der Waals surface area (Å²) < 4.78 is 11.5. The summed E-state index contributed by atoms with van der Waals surface area (Å²) >= 11 is 0. The molecule has 4 nitrogen and oxygen atoms in total. The van der Waals surface area contributed by atoms with Gasteiger partial charge in [-0.1, -0.05) is 60.7 Å². The normalized spacial score (nSPS) is 11.3. The average Bonchev–Trinajstić information content (AvgIpc) is 3.04. The van der Waals surface area contributed by atoms with Crippen molar-refractivity contribution >= 4 is 14.3 Å². The lowest BCUT2D eigenvalue weighted by Crippen LogP contribution is -2.29. The summed E-state index contributed by atoms with van der Waals surface area (Å²) in [7, 11) is -1.87. The number of oxazole rings is 1. The van der Waals surface area contributed by atoms with Crippen molar-refractivity contribution in [3.05, 3.63) is 66.6 Å². The van der Waals surface area contributed by atoms with E-state index in [1.807, 2.05) is 80.3 Å². The van der Waals surface area contributed by atoms with Gasteiger partial charge in [0.15, 0.2) is 11.7 Å². The van der Waals surface area contributed by atoms with Crippen LogP contribution in [0.5, 0.6) is 0 Å². The predicted octanol–water partition coefficient (Wildman–Crippen LogP) is 5.32. The number of rotatable bonds is 6. The van der Waals surface area contributed by atoms with Crippen molar-refractivity contribution < 1.29 is 13.6 Å². The van der Waals surface area contributed by atoms with E-state index < -0.39 is 8.32 Å². The Morgan fingerprint density at radius 2 is 1.54 bits per heavy atom. The average molecular weight is 366 g/mol. The fourth-order valence-electron chi connectivity index (χ4n) is 2.65. The van der Waals surface area contributed by atoms with Crippen LogP contribution < -0.4 is 0 Å². The van der Waals surface area contributed by atoms with E-state index in [1.54, 1.807) is 0 Å². The lowest BCUT2D eigenvalue weighted by Gasteiger charge is -2.16. The Labute approximate surface area is 155 Å². The summed E-state index contributed by atoms with van der Waals surface area (Å²) in [6.07, 6.45) is 0.698. The van der Waals surface area contributed by atoms with E-state index in [2.05, 4.69) is 4.98 Å². The number of hydrogen-bond acceptors (Lipinski definition) is 4. The quantitative estimate of drug-likeness (QED) is 0.555. The second-order valence-electron chi connectivity index (χ2n) is 7.10. The molecular formula is C21H23NO3Si. The van der Waals surface area contributed by atoms with Crippen molar-refractivity contribution in [3.8, 4) is 22.6 Å². The number of carbonyl (C=O) groups excluding carboxylic acids is 1. The van der Waals surface area contributed by atoms with Crippen LogP contribution in [0.2, 0.25) is 19.6 Å². The molecule has 0 N–H and O–H groups in total. The zero-order valence-electron chi connectivity index (χ0n) is 15.4. The van der Waals surface area contributed by atoms with Crippen molar-refractivity contribution in [2.24, 2.45) is 0 Å². The van der Waals surface area contributed by atoms with Crippen molar-refractivity contribution in [1.29, 1.82) is 0 Å². The van der Waals surface area contributed by atoms with E-state index in [0.29, 0.717) is 12.3 Å². The molecule has 0 atom stereocenters. The smallest absolute Gasteiger partial charge is 0.292 e. The first-order valence-corrected chi connectivity index (χ1v) is 12.2. The SMILES string of the molecule is C[Si](C)(C)OC(=O)CCc1nc(-c2ccccc2)c(-c2ccccc2)o1. The molecule has 26 heavy (non-hydrogen) atoms. The maximum atomic E-state index is 12.0. The van der Waals surface area contributed by atoms with Gasteiger partial charge in [0, 0.05) is 17.5 Å². The number of nitrogens with zero attached hydrogens (tertiary/aromatic N) is 1. The van der Waals surface area contributed by atoms with E-state index >= 15 is 0 Å². The van der Waals surface area contributed by atoms with E-state index in [9.17, 15) is 4.79 Å². The molecule has 5 heteroatoms. The van der Waals surface area contributed by atoms with Gasteiger partial charge in [-0.2, -0.15) is 0 Å². The molecular weight excluding hydrogens is 342 g/mol. The van der Waals surface area contributed by atoms with Gasteiger partial charge in [-0.15, -0.1) is 0 Å². The van der Waals surface area contributed by atoms with E-state index in [-0.39, 0.29) is 12.4 Å². The van der Waals surface area contributed by atoms with Crippen LogP contribution in [0, 0.1) is 0 Å². The zero-order valence-corrected chi connectivity index (χ0v) is 16.4. The predicted molar refractivity (Wildman–Crippen MR) is 105 cm³/mol. The summed E-state index contributed by atoms with van der Waals surface area (Å²) in [5, 5.41) is 0. The van der Waals surface area contributed by atoms with Crippen LogP contribution in [0.25, 0.3) is 22.6 Å². The van der Waals surface area contributed by atoms with Crippen molar-refractivity contribution in [3.63, 3.8) is 0 Å². The first-order chi connectivity index (χ1) is 12.4. The van der Waals surface area contributed by atoms with Crippen LogP contribution in [-0.4, -0.2) is 19.3 Å². The fourth-order valence-corrected chi connectivity index (χ4v) is 3.43.